The molecule has 2 N–H and O–H groups in total. The summed E-state index contributed by atoms with van der Waals surface area (Å²) >= 11 is 0. The summed E-state index contributed by atoms with van der Waals surface area (Å²) in [7, 11) is 1.63. The highest BCUT2D eigenvalue weighted by Crippen LogP contribution is 2.24. The molecule has 0 fully saturated rings. The van der Waals surface area contributed by atoms with Gasteiger partial charge in [0.25, 0.3) is 0 Å². The Hall–Kier alpha value is -2.62. The molecule has 0 amide bonds. The zero-order valence-electron chi connectivity index (χ0n) is 10.5. The van der Waals surface area contributed by atoms with E-state index in [1.807, 2.05) is 48.5 Å². The maximum Gasteiger partial charge on any atom is 0.162 e. The number of aliphatic imine (C=N–C) groups is 2. The second-order valence-electron chi connectivity index (χ2n) is 4.18. The number of methoxy groups -OCH3 is 1. The van der Waals surface area contributed by atoms with Crippen LogP contribution in [0.25, 0.3) is 0 Å². The molecule has 0 aromatic heterocycles. The van der Waals surface area contributed by atoms with E-state index in [0.29, 0.717) is 11.7 Å². The lowest BCUT2D eigenvalue weighted by molar-refractivity contribution is 0.415. The van der Waals surface area contributed by atoms with E-state index in [1.54, 1.807) is 7.11 Å². The number of hydrogen-bond donors (Lipinski definition) is 1. The second kappa shape index (κ2) is 4.57. The van der Waals surface area contributed by atoms with Crippen molar-refractivity contribution in [2.75, 3.05) is 7.11 Å². The van der Waals surface area contributed by atoms with E-state index in [9.17, 15) is 0 Å². The van der Waals surface area contributed by atoms with Crippen LogP contribution in [-0.4, -0.2) is 18.8 Å². The fraction of sp³-hybridized carbons (Fsp3) is 0.0667. The van der Waals surface area contributed by atoms with Gasteiger partial charge in [-0.2, -0.15) is 0 Å². The van der Waals surface area contributed by atoms with Gasteiger partial charge in [0.1, 0.15) is 11.6 Å². The Morgan fingerprint density at radius 1 is 1.05 bits per heavy atom. The van der Waals surface area contributed by atoms with Gasteiger partial charge in [-0.25, -0.2) is 9.98 Å². The van der Waals surface area contributed by atoms with Gasteiger partial charge in [-0.15, -0.1) is 0 Å². The number of hydrogen-bond acceptors (Lipinski definition) is 3. The summed E-state index contributed by atoms with van der Waals surface area (Å²) in [5.74, 6) is 1.92. The van der Waals surface area contributed by atoms with Crippen molar-refractivity contribution in [3.8, 4) is 5.75 Å². The first-order valence-corrected chi connectivity index (χ1v) is 5.94. The Kier molecular flexibility index (Phi) is 2.76. The highest BCUT2D eigenvalue weighted by molar-refractivity contribution is 6.22. The third kappa shape index (κ3) is 2.08. The maximum absolute atomic E-state index is 5.89. The fourth-order valence-electron chi connectivity index (χ4n) is 2.02. The summed E-state index contributed by atoms with van der Waals surface area (Å²) in [5.41, 5.74) is 8.58. The summed E-state index contributed by atoms with van der Waals surface area (Å²) in [5, 5.41) is 0. The SMILES string of the molecule is COc1cccc(N=C2N=C(N)c3ccccc32)c1. The Morgan fingerprint density at radius 3 is 2.63 bits per heavy atom. The van der Waals surface area contributed by atoms with Crippen LogP contribution in [0.3, 0.4) is 0 Å². The fourth-order valence-corrected chi connectivity index (χ4v) is 2.02. The van der Waals surface area contributed by atoms with Crippen LogP contribution in [0.15, 0.2) is 58.5 Å². The minimum Gasteiger partial charge on any atom is -0.497 e. The van der Waals surface area contributed by atoms with Crippen molar-refractivity contribution in [3.63, 3.8) is 0 Å². The molecule has 2 aromatic carbocycles. The first-order valence-electron chi connectivity index (χ1n) is 5.94. The van der Waals surface area contributed by atoms with Gasteiger partial charge < -0.3 is 10.5 Å². The molecule has 0 aliphatic carbocycles. The number of benzene rings is 2. The van der Waals surface area contributed by atoms with Gasteiger partial charge in [0.05, 0.1) is 12.8 Å². The van der Waals surface area contributed by atoms with E-state index in [-0.39, 0.29) is 0 Å². The quantitative estimate of drug-likeness (QED) is 0.891. The van der Waals surface area contributed by atoms with Crippen LogP contribution < -0.4 is 10.5 Å². The van der Waals surface area contributed by atoms with Crippen molar-refractivity contribution < 1.29 is 4.74 Å². The lowest BCUT2D eigenvalue weighted by atomic mass is 10.1. The summed E-state index contributed by atoms with van der Waals surface area (Å²) < 4.78 is 5.18. The number of nitrogens with zero attached hydrogens (tertiary/aromatic N) is 2. The Bertz CT molecular complexity index is 689. The van der Waals surface area contributed by atoms with E-state index < -0.39 is 0 Å². The molecule has 0 unspecified atom stereocenters. The maximum atomic E-state index is 5.89. The molecule has 0 atom stereocenters. The van der Waals surface area contributed by atoms with Gasteiger partial charge in [0, 0.05) is 17.2 Å². The van der Waals surface area contributed by atoms with Crippen LogP contribution in [0, 0.1) is 0 Å². The van der Waals surface area contributed by atoms with Crippen LogP contribution in [0.1, 0.15) is 11.1 Å². The monoisotopic (exact) mass is 251 g/mol. The Morgan fingerprint density at radius 2 is 1.84 bits per heavy atom. The average molecular weight is 251 g/mol. The smallest absolute Gasteiger partial charge is 0.162 e. The van der Waals surface area contributed by atoms with Crippen molar-refractivity contribution in [2.45, 2.75) is 0 Å². The predicted octanol–water partition coefficient (Wildman–Crippen LogP) is 2.49. The first-order chi connectivity index (χ1) is 9.28. The van der Waals surface area contributed by atoms with E-state index in [1.165, 1.54) is 0 Å². The highest BCUT2D eigenvalue weighted by Gasteiger charge is 2.18. The van der Waals surface area contributed by atoms with Gasteiger partial charge in [0.15, 0.2) is 5.84 Å². The molecule has 3 rings (SSSR count). The molecule has 1 aliphatic rings. The average Bonchev–Trinajstić information content (AvgIpc) is 2.76. The molecular formula is C15H13N3O. The van der Waals surface area contributed by atoms with Crippen molar-refractivity contribution >= 4 is 17.4 Å². The van der Waals surface area contributed by atoms with Crippen molar-refractivity contribution in [3.05, 3.63) is 59.7 Å². The lowest BCUT2D eigenvalue weighted by Crippen LogP contribution is -2.09. The number of rotatable bonds is 2. The van der Waals surface area contributed by atoms with E-state index >= 15 is 0 Å². The topological polar surface area (TPSA) is 60.0 Å². The Labute approximate surface area is 111 Å². The Balaban J connectivity index is 2.06. The molecule has 4 nitrogen and oxygen atoms in total. The first kappa shape index (κ1) is 11.5. The zero-order chi connectivity index (χ0) is 13.2. The molecular weight excluding hydrogens is 238 g/mol. The van der Waals surface area contributed by atoms with Gasteiger partial charge in [-0.05, 0) is 12.1 Å². The number of amidine groups is 2. The standard InChI is InChI=1S/C15H13N3O/c1-19-11-6-4-5-10(9-11)17-15-13-8-3-2-7-12(13)14(16)18-15/h2-9H,1H3,(H2,16,17,18). The van der Waals surface area contributed by atoms with E-state index in [2.05, 4.69) is 9.98 Å². The highest BCUT2D eigenvalue weighted by atomic mass is 16.5. The van der Waals surface area contributed by atoms with E-state index in [4.69, 9.17) is 10.5 Å². The van der Waals surface area contributed by atoms with Crippen LogP contribution in [-0.2, 0) is 0 Å². The summed E-state index contributed by atoms with van der Waals surface area (Å²) in [4.78, 5) is 8.84. The molecule has 0 radical (unpaired) electrons. The van der Waals surface area contributed by atoms with Crippen LogP contribution >= 0.6 is 0 Å². The minimum atomic E-state index is 0.511. The second-order valence-corrected chi connectivity index (χ2v) is 4.18. The number of ether oxygens (including phenoxy) is 1. The molecule has 19 heavy (non-hydrogen) atoms. The van der Waals surface area contributed by atoms with Crippen molar-refractivity contribution in [1.29, 1.82) is 0 Å². The normalized spacial score (nSPS) is 15.2. The lowest BCUT2D eigenvalue weighted by Gasteiger charge is -2.01. The van der Waals surface area contributed by atoms with Gasteiger partial charge >= 0.3 is 0 Å². The summed E-state index contributed by atoms with van der Waals surface area (Å²) in [6.45, 7) is 0. The van der Waals surface area contributed by atoms with Crippen LogP contribution in [0.5, 0.6) is 5.75 Å². The van der Waals surface area contributed by atoms with Crippen LogP contribution in [0.4, 0.5) is 5.69 Å². The molecule has 4 heteroatoms. The molecule has 0 bridgehead atoms. The van der Waals surface area contributed by atoms with Crippen molar-refractivity contribution in [2.24, 2.45) is 15.7 Å². The number of fused-ring (bicyclic) bond motifs is 1. The van der Waals surface area contributed by atoms with Crippen molar-refractivity contribution in [1.82, 2.24) is 0 Å². The molecule has 0 saturated heterocycles. The van der Waals surface area contributed by atoms with Gasteiger partial charge in [-0.1, -0.05) is 30.3 Å². The molecule has 2 aromatic rings. The zero-order valence-corrected chi connectivity index (χ0v) is 10.5. The molecule has 1 aliphatic heterocycles. The third-order valence-electron chi connectivity index (χ3n) is 2.96. The van der Waals surface area contributed by atoms with Crippen LogP contribution in [0.2, 0.25) is 0 Å². The molecule has 1 heterocycles. The summed E-state index contributed by atoms with van der Waals surface area (Å²) in [6, 6.07) is 15.3. The predicted molar refractivity (Wildman–Crippen MR) is 76.4 cm³/mol. The minimum absolute atomic E-state index is 0.511. The van der Waals surface area contributed by atoms with Gasteiger partial charge in [-0.3, -0.25) is 0 Å². The number of nitrogens with two attached hydrogens (primary N) is 1. The van der Waals surface area contributed by atoms with Gasteiger partial charge in [0.2, 0.25) is 0 Å². The third-order valence-corrected chi connectivity index (χ3v) is 2.96. The molecule has 0 spiro atoms. The molecule has 94 valence electrons. The molecule has 0 saturated carbocycles. The van der Waals surface area contributed by atoms with E-state index in [0.717, 1.165) is 22.6 Å². The largest absolute Gasteiger partial charge is 0.497 e. The summed E-state index contributed by atoms with van der Waals surface area (Å²) in [6.07, 6.45) is 0.